The van der Waals surface area contributed by atoms with E-state index in [1.165, 1.54) is 0 Å². The van der Waals surface area contributed by atoms with Crippen LogP contribution in [0.1, 0.15) is 16.8 Å². The second-order valence-electron chi connectivity index (χ2n) is 3.95. The molecular weight excluding hydrogens is 266 g/mol. The van der Waals surface area contributed by atoms with Crippen molar-refractivity contribution in [2.75, 3.05) is 0 Å². The lowest BCUT2D eigenvalue weighted by Gasteiger charge is -2.04. The molecule has 0 saturated carbocycles. The first kappa shape index (κ1) is 13.0. The van der Waals surface area contributed by atoms with Gasteiger partial charge in [-0.3, -0.25) is 4.68 Å². The van der Waals surface area contributed by atoms with E-state index in [1.54, 1.807) is 23.9 Å². The van der Waals surface area contributed by atoms with Crippen LogP contribution in [0.15, 0.2) is 29.3 Å². The van der Waals surface area contributed by atoms with E-state index in [-0.39, 0.29) is 0 Å². The number of halogens is 1. The van der Waals surface area contributed by atoms with Crippen molar-refractivity contribution in [1.29, 1.82) is 5.26 Å². The molecule has 0 atom stereocenters. The summed E-state index contributed by atoms with van der Waals surface area (Å²) in [5, 5.41) is 14.8. The van der Waals surface area contributed by atoms with Gasteiger partial charge < -0.3 is 0 Å². The molecule has 0 N–H and O–H groups in total. The molecule has 0 unspecified atom stereocenters. The lowest BCUT2D eigenvalue weighted by atomic mass is 10.2. The molecule has 1 aromatic heterocycles. The third kappa shape index (κ3) is 2.87. The molecule has 0 aliphatic heterocycles. The van der Waals surface area contributed by atoms with Gasteiger partial charge in [-0.15, -0.1) is 11.8 Å². The van der Waals surface area contributed by atoms with E-state index in [2.05, 4.69) is 11.2 Å². The van der Waals surface area contributed by atoms with Crippen LogP contribution in [0.3, 0.4) is 0 Å². The Balaban J connectivity index is 2.11. The lowest BCUT2D eigenvalue weighted by Crippen LogP contribution is -1.93. The van der Waals surface area contributed by atoms with Crippen molar-refractivity contribution >= 4 is 23.4 Å². The van der Waals surface area contributed by atoms with E-state index in [1.807, 2.05) is 30.8 Å². The van der Waals surface area contributed by atoms with Crippen molar-refractivity contribution < 1.29 is 0 Å². The fourth-order valence-electron chi connectivity index (χ4n) is 1.61. The number of aryl methyl sites for hydroxylation is 2. The van der Waals surface area contributed by atoms with Crippen LogP contribution >= 0.6 is 23.4 Å². The second-order valence-corrected chi connectivity index (χ2v) is 5.36. The standard InChI is InChI=1S/C13H12ClN3S/c1-9-5-13(17(2)16-9)18-8-11-4-3-10(7-15)6-12(11)14/h3-6H,8H2,1-2H3. The number of aromatic nitrogens is 2. The summed E-state index contributed by atoms with van der Waals surface area (Å²) in [5.41, 5.74) is 2.62. The second kappa shape index (κ2) is 5.47. The van der Waals surface area contributed by atoms with E-state index in [0.29, 0.717) is 10.6 Å². The SMILES string of the molecule is Cc1cc(SCc2ccc(C#N)cc2Cl)n(C)n1. The van der Waals surface area contributed by atoms with Crippen molar-refractivity contribution in [3.63, 3.8) is 0 Å². The highest BCUT2D eigenvalue weighted by Gasteiger charge is 2.06. The number of rotatable bonds is 3. The average molecular weight is 278 g/mol. The summed E-state index contributed by atoms with van der Waals surface area (Å²) in [4.78, 5) is 0. The largest absolute Gasteiger partial charge is 0.262 e. The Kier molecular flexibility index (Phi) is 3.95. The third-order valence-electron chi connectivity index (χ3n) is 2.52. The van der Waals surface area contributed by atoms with Crippen molar-refractivity contribution in [2.45, 2.75) is 17.7 Å². The van der Waals surface area contributed by atoms with E-state index < -0.39 is 0 Å². The molecule has 0 fully saturated rings. The highest BCUT2D eigenvalue weighted by Crippen LogP contribution is 2.27. The first-order valence-electron chi connectivity index (χ1n) is 5.42. The minimum Gasteiger partial charge on any atom is -0.262 e. The maximum absolute atomic E-state index is 8.77. The molecule has 18 heavy (non-hydrogen) atoms. The molecule has 0 saturated heterocycles. The Morgan fingerprint density at radius 3 is 2.78 bits per heavy atom. The van der Waals surface area contributed by atoms with Crippen LogP contribution in [0, 0.1) is 18.3 Å². The zero-order valence-corrected chi connectivity index (χ0v) is 11.7. The summed E-state index contributed by atoms with van der Waals surface area (Å²) >= 11 is 7.81. The number of benzene rings is 1. The molecule has 0 spiro atoms. The molecule has 0 aliphatic carbocycles. The number of thioether (sulfide) groups is 1. The number of hydrogen-bond donors (Lipinski definition) is 0. The van der Waals surface area contributed by atoms with Crippen molar-refractivity contribution in [1.82, 2.24) is 9.78 Å². The van der Waals surface area contributed by atoms with Gasteiger partial charge >= 0.3 is 0 Å². The predicted molar refractivity (Wildman–Crippen MR) is 73.7 cm³/mol. The molecule has 5 heteroatoms. The van der Waals surface area contributed by atoms with E-state index in [0.717, 1.165) is 22.0 Å². The molecule has 92 valence electrons. The monoisotopic (exact) mass is 277 g/mol. The van der Waals surface area contributed by atoms with Gasteiger partial charge in [0, 0.05) is 17.8 Å². The van der Waals surface area contributed by atoms with Gasteiger partial charge in [0.15, 0.2) is 0 Å². The van der Waals surface area contributed by atoms with Gasteiger partial charge in [-0.05, 0) is 30.7 Å². The van der Waals surface area contributed by atoms with Gasteiger partial charge in [0.25, 0.3) is 0 Å². The van der Waals surface area contributed by atoms with Gasteiger partial charge in [0.2, 0.25) is 0 Å². The molecule has 0 radical (unpaired) electrons. The summed E-state index contributed by atoms with van der Waals surface area (Å²) in [6, 6.07) is 9.51. The summed E-state index contributed by atoms with van der Waals surface area (Å²) in [6.07, 6.45) is 0. The molecule has 2 rings (SSSR count). The quantitative estimate of drug-likeness (QED) is 0.806. The average Bonchev–Trinajstić information content (AvgIpc) is 2.66. The Bertz CT molecular complexity index is 613. The molecule has 1 heterocycles. The third-order valence-corrected chi connectivity index (χ3v) is 4.00. The number of nitrogens with zero attached hydrogens (tertiary/aromatic N) is 3. The minimum atomic E-state index is 0.588. The van der Waals surface area contributed by atoms with Gasteiger partial charge in [0.1, 0.15) is 0 Å². The van der Waals surface area contributed by atoms with Crippen molar-refractivity contribution in [3.05, 3.63) is 46.1 Å². The van der Waals surface area contributed by atoms with Crippen LogP contribution in [0.2, 0.25) is 5.02 Å². The molecule has 2 aromatic rings. The molecule has 3 nitrogen and oxygen atoms in total. The van der Waals surface area contributed by atoms with E-state index >= 15 is 0 Å². The fraction of sp³-hybridized carbons (Fsp3) is 0.231. The molecule has 0 bridgehead atoms. The van der Waals surface area contributed by atoms with E-state index in [9.17, 15) is 0 Å². The van der Waals surface area contributed by atoms with Crippen LogP contribution in [0.25, 0.3) is 0 Å². The summed E-state index contributed by atoms with van der Waals surface area (Å²) < 4.78 is 1.86. The van der Waals surface area contributed by atoms with Crippen LogP contribution in [-0.2, 0) is 12.8 Å². The highest BCUT2D eigenvalue weighted by atomic mass is 35.5. The van der Waals surface area contributed by atoms with Gasteiger partial charge in [-0.25, -0.2) is 0 Å². The maximum Gasteiger partial charge on any atom is 0.0992 e. The zero-order valence-electron chi connectivity index (χ0n) is 10.1. The number of hydrogen-bond acceptors (Lipinski definition) is 3. The first-order chi connectivity index (χ1) is 8.60. The predicted octanol–water partition coefficient (Wildman–Crippen LogP) is 3.55. The van der Waals surface area contributed by atoms with Crippen LogP contribution in [-0.4, -0.2) is 9.78 Å². The highest BCUT2D eigenvalue weighted by molar-refractivity contribution is 7.98. The normalized spacial score (nSPS) is 10.3. The topological polar surface area (TPSA) is 41.6 Å². The van der Waals surface area contributed by atoms with Gasteiger partial charge in [-0.1, -0.05) is 17.7 Å². The summed E-state index contributed by atoms with van der Waals surface area (Å²) in [5.74, 6) is 0.767. The summed E-state index contributed by atoms with van der Waals surface area (Å²) in [6.45, 7) is 1.97. The van der Waals surface area contributed by atoms with Gasteiger partial charge in [0.05, 0.1) is 22.4 Å². The molecule has 1 aromatic carbocycles. The Morgan fingerprint density at radius 2 is 2.22 bits per heavy atom. The summed E-state index contributed by atoms with van der Waals surface area (Å²) in [7, 11) is 1.93. The van der Waals surface area contributed by atoms with Crippen molar-refractivity contribution in [3.8, 4) is 6.07 Å². The van der Waals surface area contributed by atoms with Crippen LogP contribution < -0.4 is 0 Å². The smallest absolute Gasteiger partial charge is 0.0992 e. The molecule has 0 aliphatic rings. The zero-order chi connectivity index (χ0) is 13.1. The van der Waals surface area contributed by atoms with Crippen LogP contribution in [0.4, 0.5) is 0 Å². The minimum absolute atomic E-state index is 0.588. The van der Waals surface area contributed by atoms with Gasteiger partial charge in [-0.2, -0.15) is 10.4 Å². The Labute approximate surface area is 115 Å². The fourth-order valence-corrected chi connectivity index (χ4v) is 2.97. The molecular formula is C13H12ClN3S. The van der Waals surface area contributed by atoms with Crippen molar-refractivity contribution in [2.24, 2.45) is 7.05 Å². The van der Waals surface area contributed by atoms with Crippen LogP contribution in [0.5, 0.6) is 0 Å². The Hall–Kier alpha value is -1.44. The molecule has 0 amide bonds. The first-order valence-corrected chi connectivity index (χ1v) is 6.78. The lowest BCUT2D eigenvalue weighted by molar-refractivity contribution is 0.692. The Morgan fingerprint density at radius 1 is 1.44 bits per heavy atom. The van der Waals surface area contributed by atoms with E-state index in [4.69, 9.17) is 16.9 Å². The number of nitriles is 1. The maximum atomic E-state index is 8.77.